The fraction of sp³-hybridized carbons (Fsp3) is 0.167. The number of para-hydroxylation sites is 1. The lowest BCUT2D eigenvalue weighted by Gasteiger charge is -2.11. The van der Waals surface area contributed by atoms with E-state index in [0.29, 0.717) is 5.75 Å². The zero-order valence-electron chi connectivity index (χ0n) is 14.6. The highest BCUT2D eigenvalue weighted by Gasteiger charge is 2.31. The summed E-state index contributed by atoms with van der Waals surface area (Å²) in [5, 5.41) is 6.31. The first-order chi connectivity index (χ1) is 13.7. The molecule has 0 saturated carbocycles. The summed E-state index contributed by atoms with van der Waals surface area (Å²) in [6.45, 7) is -0.387. The van der Waals surface area contributed by atoms with Crippen LogP contribution in [0.4, 0.5) is 18.9 Å². The minimum Gasteiger partial charge on any atom is -0.484 e. The van der Waals surface area contributed by atoms with E-state index >= 15 is 0 Å². The molecule has 0 aliphatic heterocycles. The van der Waals surface area contributed by atoms with Crippen molar-refractivity contribution in [2.45, 2.75) is 19.3 Å². The molecule has 1 aromatic heterocycles. The van der Waals surface area contributed by atoms with Gasteiger partial charge in [-0.25, -0.2) is 4.68 Å². The molecule has 0 saturated heterocycles. The van der Waals surface area contributed by atoms with Gasteiger partial charge in [0.2, 0.25) is 5.91 Å². The van der Waals surface area contributed by atoms with Gasteiger partial charge in [-0.05, 0) is 42.5 Å². The van der Waals surface area contributed by atoms with E-state index in [-0.39, 0.29) is 34.6 Å². The van der Waals surface area contributed by atoms with E-state index in [2.05, 4.69) is 10.4 Å². The molecule has 0 fully saturated rings. The van der Waals surface area contributed by atoms with Crippen LogP contribution in [0, 0.1) is 4.84 Å². The minimum absolute atomic E-state index is 0.0122. The Labute approximate surface area is 172 Å². The Balaban J connectivity index is 1.65. The third-order valence-electron chi connectivity index (χ3n) is 3.61. The van der Waals surface area contributed by atoms with Crippen molar-refractivity contribution >= 4 is 35.4 Å². The van der Waals surface area contributed by atoms with E-state index in [0.717, 1.165) is 22.9 Å². The zero-order valence-corrected chi connectivity index (χ0v) is 16.1. The molecular weight excluding hydrogens is 431 g/mol. The van der Waals surface area contributed by atoms with Gasteiger partial charge in [-0.3, -0.25) is 4.79 Å². The number of carbonyl (C=O) groups is 1. The standard InChI is InChI=1S/C18H13ClF3N3O3S/c19-13-7-6-11(18(20,21)22)8-14(13)23-15(26)9-25-17(29)28-16(24-25)10-27-12-4-2-1-3-5-12/h1-8H,9-10H2,(H,23,26). The Morgan fingerprint density at radius 2 is 1.97 bits per heavy atom. The van der Waals surface area contributed by atoms with Gasteiger partial charge < -0.3 is 14.5 Å². The van der Waals surface area contributed by atoms with Crippen LogP contribution in [0.5, 0.6) is 5.75 Å². The number of hydrogen-bond acceptors (Lipinski definition) is 5. The Hall–Kier alpha value is -2.85. The van der Waals surface area contributed by atoms with Crippen molar-refractivity contribution < 1.29 is 27.1 Å². The summed E-state index contributed by atoms with van der Waals surface area (Å²) in [5.74, 6) is 0.0648. The number of nitrogens with one attached hydrogen (secondary N) is 1. The second kappa shape index (κ2) is 8.66. The second-order valence-electron chi connectivity index (χ2n) is 5.76. The minimum atomic E-state index is -4.56. The predicted octanol–water partition coefficient (Wildman–Crippen LogP) is 5.10. The summed E-state index contributed by atoms with van der Waals surface area (Å²) in [5.41, 5.74) is -1.11. The van der Waals surface area contributed by atoms with Crippen LogP contribution in [0.1, 0.15) is 11.5 Å². The van der Waals surface area contributed by atoms with Crippen molar-refractivity contribution in [2.24, 2.45) is 0 Å². The third-order valence-corrected chi connectivity index (χ3v) is 4.24. The van der Waals surface area contributed by atoms with E-state index in [1.165, 1.54) is 0 Å². The number of aromatic nitrogens is 2. The maximum absolute atomic E-state index is 12.8. The number of amides is 1. The quantitative estimate of drug-likeness (QED) is 0.537. The molecule has 6 nitrogen and oxygen atoms in total. The maximum atomic E-state index is 12.8. The summed E-state index contributed by atoms with van der Waals surface area (Å²) in [6.07, 6.45) is -4.56. The lowest BCUT2D eigenvalue weighted by molar-refractivity contribution is -0.137. The number of nitrogens with zero attached hydrogens (tertiary/aromatic N) is 2. The molecule has 0 radical (unpaired) electrons. The molecule has 2 aromatic carbocycles. The van der Waals surface area contributed by atoms with Gasteiger partial charge in [-0.15, -0.1) is 5.10 Å². The number of benzene rings is 2. The van der Waals surface area contributed by atoms with Crippen molar-refractivity contribution in [3.05, 3.63) is 69.8 Å². The Bertz CT molecular complexity index is 1070. The molecular formula is C18H13ClF3N3O3S. The molecule has 0 atom stereocenters. The molecule has 1 heterocycles. The van der Waals surface area contributed by atoms with Crippen molar-refractivity contribution in [3.8, 4) is 5.75 Å². The van der Waals surface area contributed by atoms with Crippen LogP contribution in [0.15, 0.2) is 52.9 Å². The highest BCUT2D eigenvalue weighted by atomic mass is 35.5. The number of alkyl halides is 3. The van der Waals surface area contributed by atoms with Crippen LogP contribution < -0.4 is 10.1 Å². The molecule has 29 heavy (non-hydrogen) atoms. The summed E-state index contributed by atoms with van der Waals surface area (Å²) < 4.78 is 50.3. The van der Waals surface area contributed by atoms with Gasteiger partial charge in [-0.1, -0.05) is 29.8 Å². The summed E-state index contributed by atoms with van der Waals surface area (Å²) in [7, 11) is 0. The topological polar surface area (TPSA) is 69.3 Å². The average molecular weight is 444 g/mol. The number of halogens is 4. The van der Waals surface area contributed by atoms with E-state index in [1.54, 1.807) is 24.3 Å². The summed E-state index contributed by atoms with van der Waals surface area (Å²) in [4.78, 5) is 12.1. The SMILES string of the molecule is O=C(Cn1nc(COc2ccccc2)oc1=S)Nc1cc(C(F)(F)F)ccc1Cl. The molecule has 0 aliphatic rings. The largest absolute Gasteiger partial charge is 0.484 e. The smallest absolute Gasteiger partial charge is 0.416 e. The molecule has 11 heteroatoms. The fourth-order valence-electron chi connectivity index (χ4n) is 2.29. The molecule has 3 aromatic rings. The predicted molar refractivity (Wildman–Crippen MR) is 101 cm³/mol. The first kappa shape index (κ1) is 20.9. The van der Waals surface area contributed by atoms with Crippen LogP contribution in [0.25, 0.3) is 0 Å². The van der Waals surface area contributed by atoms with E-state index < -0.39 is 17.6 Å². The number of anilines is 1. The number of ether oxygens (including phenoxy) is 1. The zero-order chi connectivity index (χ0) is 21.0. The number of rotatable bonds is 6. The monoisotopic (exact) mass is 443 g/mol. The molecule has 0 unspecified atom stereocenters. The lowest BCUT2D eigenvalue weighted by Crippen LogP contribution is -2.20. The molecule has 3 rings (SSSR count). The Morgan fingerprint density at radius 1 is 1.24 bits per heavy atom. The Morgan fingerprint density at radius 3 is 2.66 bits per heavy atom. The fourth-order valence-corrected chi connectivity index (χ4v) is 2.66. The highest BCUT2D eigenvalue weighted by molar-refractivity contribution is 7.71. The Kier molecular flexibility index (Phi) is 6.23. The van der Waals surface area contributed by atoms with Gasteiger partial charge in [0, 0.05) is 0 Å². The summed E-state index contributed by atoms with van der Waals surface area (Å²) >= 11 is 10.9. The van der Waals surface area contributed by atoms with Crippen LogP contribution in [0.2, 0.25) is 5.02 Å². The van der Waals surface area contributed by atoms with Crippen molar-refractivity contribution in [2.75, 3.05) is 5.32 Å². The molecule has 1 N–H and O–H groups in total. The maximum Gasteiger partial charge on any atom is 0.416 e. The van der Waals surface area contributed by atoms with E-state index in [4.69, 9.17) is 33.0 Å². The molecule has 0 aliphatic carbocycles. The average Bonchev–Trinajstić information content (AvgIpc) is 3.01. The molecule has 152 valence electrons. The van der Waals surface area contributed by atoms with Crippen LogP contribution >= 0.6 is 23.8 Å². The van der Waals surface area contributed by atoms with Gasteiger partial charge >= 0.3 is 6.18 Å². The third kappa shape index (κ3) is 5.58. The van der Waals surface area contributed by atoms with Crippen LogP contribution in [-0.2, 0) is 24.1 Å². The van der Waals surface area contributed by atoms with Gasteiger partial charge in [0.05, 0.1) is 16.3 Å². The van der Waals surface area contributed by atoms with E-state index in [9.17, 15) is 18.0 Å². The molecule has 0 bridgehead atoms. The van der Waals surface area contributed by atoms with Crippen LogP contribution in [-0.4, -0.2) is 15.7 Å². The highest BCUT2D eigenvalue weighted by Crippen LogP contribution is 2.33. The van der Waals surface area contributed by atoms with Gasteiger partial charge in [0.15, 0.2) is 6.61 Å². The normalized spacial score (nSPS) is 11.3. The first-order valence-electron chi connectivity index (χ1n) is 8.13. The molecule has 0 spiro atoms. The summed E-state index contributed by atoms with van der Waals surface area (Å²) in [6, 6.07) is 11.6. The van der Waals surface area contributed by atoms with Crippen LogP contribution in [0.3, 0.4) is 0 Å². The van der Waals surface area contributed by atoms with Gasteiger partial charge in [0.1, 0.15) is 12.3 Å². The first-order valence-corrected chi connectivity index (χ1v) is 8.92. The van der Waals surface area contributed by atoms with Gasteiger partial charge in [0.25, 0.3) is 10.7 Å². The van der Waals surface area contributed by atoms with Crippen molar-refractivity contribution in [1.29, 1.82) is 0 Å². The number of carbonyl (C=O) groups excluding carboxylic acids is 1. The van der Waals surface area contributed by atoms with Crippen molar-refractivity contribution in [1.82, 2.24) is 9.78 Å². The lowest BCUT2D eigenvalue weighted by atomic mass is 10.2. The number of hydrogen-bond donors (Lipinski definition) is 1. The van der Waals surface area contributed by atoms with E-state index in [1.807, 2.05) is 6.07 Å². The van der Waals surface area contributed by atoms with Crippen molar-refractivity contribution in [3.63, 3.8) is 0 Å². The second-order valence-corrected chi connectivity index (χ2v) is 6.52. The van der Waals surface area contributed by atoms with Gasteiger partial charge in [-0.2, -0.15) is 13.2 Å². The molecule has 1 amide bonds.